The molecule has 4 rings (SSSR count). The zero-order valence-corrected chi connectivity index (χ0v) is 26.2. The van der Waals surface area contributed by atoms with E-state index in [0.717, 1.165) is 15.4 Å². The summed E-state index contributed by atoms with van der Waals surface area (Å²) in [5, 5.41) is 14.3. The molecule has 234 valence electrons. The Bertz CT molecular complexity index is 1710. The molecule has 45 heavy (non-hydrogen) atoms. The van der Waals surface area contributed by atoms with Gasteiger partial charge in [0.25, 0.3) is 15.7 Å². The van der Waals surface area contributed by atoms with E-state index < -0.39 is 39.0 Å². The van der Waals surface area contributed by atoms with E-state index in [-0.39, 0.29) is 35.1 Å². The number of hydrogen-bond donors (Lipinski definition) is 1. The number of hydrogen-bond acceptors (Lipinski definition) is 6. The number of sulfonamides is 1. The van der Waals surface area contributed by atoms with Crippen LogP contribution in [0.15, 0.2) is 120 Å². The molecule has 2 amide bonds. The lowest BCUT2D eigenvalue weighted by atomic mass is 10.0. The minimum absolute atomic E-state index is 0.0359. The first kappa shape index (κ1) is 32.9. The summed E-state index contributed by atoms with van der Waals surface area (Å²) in [6, 6.07) is 30.0. The molecule has 0 fully saturated rings. The number of carbonyl (C=O) groups excluding carboxylic acids is 2. The predicted molar refractivity (Wildman–Crippen MR) is 173 cm³/mol. The molecule has 0 aliphatic heterocycles. The van der Waals surface area contributed by atoms with Crippen LogP contribution < -0.4 is 9.62 Å². The second-order valence-corrected chi connectivity index (χ2v) is 13.4. The summed E-state index contributed by atoms with van der Waals surface area (Å²) < 4.78 is 28.9. The van der Waals surface area contributed by atoms with E-state index in [4.69, 9.17) is 0 Å². The first-order chi connectivity index (χ1) is 21.3. The predicted octanol–water partition coefficient (Wildman–Crippen LogP) is 5.34. The normalized spacial score (nSPS) is 12.2. The number of nitrogens with zero attached hydrogens (tertiary/aromatic N) is 3. The van der Waals surface area contributed by atoms with E-state index in [9.17, 15) is 28.1 Å². The van der Waals surface area contributed by atoms with Gasteiger partial charge in [-0.1, -0.05) is 78.9 Å². The average Bonchev–Trinajstić information content (AvgIpc) is 3.02. The quantitative estimate of drug-likeness (QED) is 0.166. The Kier molecular flexibility index (Phi) is 10.4. The number of nitro groups is 1. The Hall–Kier alpha value is -5.03. The molecular formula is C34H36N4O6S. The first-order valence-electron chi connectivity index (χ1n) is 14.4. The maximum Gasteiger partial charge on any atom is 0.269 e. The molecule has 0 spiro atoms. The van der Waals surface area contributed by atoms with E-state index >= 15 is 0 Å². The van der Waals surface area contributed by atoms with Crippen molar-refractivity contribution < 1.29 is 22.9 Å². The molecule has 1 atom stereocenters. The Morgan fingerprint density at radius 2 is 1.31 bits per heavy atom. The summed E-state index contributed by atoms with van der Waals surface area (Å²) in [5.74, 6) is -1.01. The van der Waals surface area contributed by atoms with Crippen molar-refractivity contribution in [2.24, 2.45) is 0 Å². The van der Waals surface area contributed by atoms with Crippen LogP contribution in [0.1, 0.15) is 31.9 Å². The van der Waals surface area contributed by atoms with Gasteiger partial charge in [0.1, 0.15) is 12.6 Å². The average molecular weight is 629 g/mol. The van der Waals surface area contributed by atoms with Crippen LogP contribution in [0.2, 0.25) is 0 Å². The van der Waals surface area contributed by atoms with E-state index in [1.165, 1.54) is 41.3 Å². The molecule has 11 heteroatoms. The van der Waals surface area contributed by atoms with Crippen LogP contribution >= 0.6 is 0 Å². The summed E-state index contributed by atoms with van der Waals surface area (Å²) in [5.41, 5.74) is 0.808. The van der Waals surface area contributed by atoms with Gasteiger partial charge >= 0.3 is 0 Å². The van der Waals surface area contributed by atoms with Crippen LogP contribution in [0.4, 0.5) is 11.4 Å². The van der Waals surface area contributed by atoms with Crippen LogP contribution in [-0.4, -0.2) is 48.2 Å². The van der Waals surface area contributed by atoms with Crippen LogP contribution in [0.5, 0.6) is 0 Å². The summed E-state index contributed by atoms with van der Waals surface area (Å²) in [6.45, 7) is 4.91. The van der Waals surface area contributed by atoms with Crippen LogP contribution in [0.25, 0.3) is 0 Å². The molecule has 0 saturated heterocycles. The highest BCUT2D eigenvalue weighted by Gasteiger charge is 2.35. The molecule has 4 aromatic carbocycles. The topological polar surface area (TPSA) is 130 Å². The second kappa shape index (κ2) is 14.2. The van der Waals surface area contributed by atoms with Crippen molar-refractivity contribution in [1.29, 1.82) is 0 Å². The maximum atomic E-state index is 14.4. The molecule has 0 heterocycles. The molecule has 0 unspecified atom stereocenters. The van der Waals surface area contributed by atoms with Gasteiger partial charge in [-0.15, -0.1) is 0 Å². The Labute approximate surface area is 263 Å². The Balaban J connectivity index is 1.81. The smallest absolute Gasteiger partial charge is 0.269 e. The van der Waals surface area contributed by atoms with Crippen molar-refractivity contribution in [3.8, 4) is 0 Å². The molecule has 4 aromatic rings. The van der Waals surface area contributed by atoms with Crippen molar-refractivity contribution >= 4 is 33.2 Å². The SMILES string of the molecule is CC(C)(C)NC(=O)[C@H](Cc1ccccc1)N(Cc1ccccc1)C(=O)CN(c1ccc([N+](=O)[O-])cc1)S(=O)(=O)c1ccccc1. The fourth-order valence-electron chi connectivity index (χ4n) is 4.78. The van der Waals surface area contributed by atoms with Crippen LogP contribution in [0.3, 0.4) is 0 Å². The molecule has 0 aliphatic carbocycles. The third-order valence-corrected chi connectivity index (χ3v) is 8.71. The van der Waals surface area contributed by atoms with Gasteiger partial charge in [-0.2, -0.15) is 0 Å². The summed E-state index contributed by atoms with van der Waals surface area (Å²) in [7, 11) is -4.31. The van der Waals surface area contributed by atoms with Gasteiger partial charge in [0.2, 0.25) is 11.8 Å². The molecule has 0 saturated carbocycles. The number of rotatable bonds is 12. The fourth-order valence-corrected chi connectivity index (χ4v) is 6.21. The fraction of sp³-hybridized carbons (Fsp3) is 0.235. The number of nitro benzene ring substituents is 1. The third kappa shape index (κ3) is 8.76. The van der Waals surface area contributed by atoms with E-state index in [1.807, 2.05) is 81.4 Å². The number of nitrogens with one attached hydrogen (secondary N) is 1. The van der Waals surface area contributed by atoms with Crippen molar-refractivity contribution in [2.75, 3.05) is 10.8 Å². The summed E-state index contributed by atoms with van der Waals surface area (Å²) in [6.07, 6.45) is 0.185. The minimum atomic E-state index is -4.31. The Morgan fingerprint density at radius 3 is 1.82 bits per heavy atom. The highest BCUT2D eigenvalue weighted by molar-refractivity contribution is 7.92. The summed E-state index contributed by atoms with van der Waals surface area (Å²) >= 11 is 0. The molecule has 10 nitrogen and oxygen atoms in total. The molecule has 0 aromatic heterocycles. The van der Waals surface area contributed by atoms with Crippen molar-refractivity contribution in [1.82, 2.24) is 10.2 Å². The van der Waals surface area contributed by atoms with Gasteiger partial charge < -0.3 is 10.2 Å². The van der Waals surface area contributed by atoms with Gasteiger partial charge in [0, 0.05) is 30.6 Å². The molecular weight excluding hydrogens is 592 g/mol. The largest absolute Gasteiger partial charge is 0.350 e. The van der Waals surface area contributed by atoms with Crippen LogP contribution in [-0.2, 0) is 32.6 Å². The van der Waals surface area contributed by atoms with Crippen molar-refractivity contribution in [3.63, 3.8) is 0 Å². The van der Waals surface area contributed by atoms with Crippen LogP contribution in [0, 0.1) is 10.1 Å². The number of carbonyl (C=O) groups is 2. The molecule has 0 bridgehead atoms. The standard InChI is InChI=1S/C34H36N4O6S/c1-34(2,3)35-33(40)31(23-26-13-7-4-8-14-26)36(24-27-15-9-5-10-16-27)32(39)25-37(28-19-21-29(22-20-28)38(41)42)45(43,44)30-17-11-6-12-18-30/h4-22,31H,23-25H2,1-3H3,(H,35,40)/t31-/m0/s1. The number of benzene rings is 4. The third-order valence-electron chi connectivity index (χ3n) is 6.92. The monoisotopic (exact) mass is 628 g/mol. The van der Waals surface area contributed by atoms with E-state index in [0.29, 0.717) is 0 Å². The van der Waals surface area contributed by atoms with Gasteiger partial charge in [0.15, 0.2) is 0 Å². The highest BCUT2D eigenvalue weighted by Crippen LogP contribution is 2.27. The van der Waals surface area contributed by atoms with Gasteiger partial charge in [-0.3, -0.25) is 24.0 Å². The van der Waals surface area contributed by atoms with E-state index in [1.54, 1.807) is 18.2 Å². The minimum Gasteiger partial charge on any atom is -0.350 e. The van der Waals surface area contributed by atoms with Crippen molar-refractivity contribution in [2.45, 2.75) is 50.2 Å². The summed E-state index contributed by atoms with van der Waals surface area (Å²) in [4.78, 5) is 40.4. The zero-order chi connectivity index (χ0) is 32.6. The second-order valence-electron chi connectivity index (χ2n) is 11.6. The number of anilines is 1. The van der Waals surface area contributed by atoms with Gasteiger partial charge in [-0.05, 0) is 56.2 Å². The number of non-ortho nitro benzene ring substituents is 1. The lowest BCUT2D eigenvalue weighted by molar-refractivity contribution is -0.384. The van der Waals surface area contributed by atoms with Gasteiger partial charge in [-0.25, -0.2) is 8.42 Å². The highest BCUT2D eigenvalue weighted by atomic mass is 32.2. The Morgan fingerprint density at radius 1 is 0.800 bits per heavy atom. The molecule has 0 aliphatic rings. The first-order valence-corrected chi connectivity index (χ1v) is 15.8. The van der Waals surface area contributed by atoms with E-state index in [2.05, 4.69) is 5.32 Å². The molecule has 1 N–H and O–H groups in total. The lowest BCUT2D eigenvalue weighted by Gasteiger charge is -2.35. The maximum absolute atomic E-state index is 14.4. The number of amides is 2. The van der Waals surface area contributed by atoms with Gasteiger partial charge in [0.05, 0.1) is 15.5 Å². The lowest BCUT2D eigenvalue weighted by Crippen LogP contribution is -2.56. The molecule has 0 radical (unpaired) electrons. The zero-order valence-electron chi connectivity index (χ0n) is 25.4. The van der Waals surface area contributed by atoms with Crippen molar-refractivity contribution in [3.05, 3.63) is 137 Å².